The van der Waals surface area contributed by atoms with Crippen LogP contribution < -0.4 is 0 Å². The number of amides is 1. The molecular formula is C15H14N2O2. The van der Waals surface area contributed by atoms with Gasteiger partial charge in [-0.25, -0.2) is 0 Å². The molecule has 19 heavy (non-hydrogen) atoms. The largest absolute Gasteiger partial charge is 0.472 e. The standard InChI is InChI=1S/C15H14N2O2/c1-17(9-11-6-8-19-10-11)15(18)13-4-2-3-12-5-7-16-14(12)13/h2-8,10,16H,9H2,1H3. The molecule has 2 heterocycles. The van der Waals surface area contributed by atoms with E-state index in [0.717, 1.165) is 16.5 Å². The van der Waals surface area contributed by atoms with E-state index in [1.54, 1.807) is 24.5 Å². The number of H-pyrrole nitrogens is 1. The first kappa shape index (κ1) is 11.6. The predicted octanol–water partition coefficient (Wildman–Crippen LogP) is 3.03. The molecule has 4 heteroatoms. The minimum absolute atomic E-state index is 0.00532. The first-order chi connectivity index (χ1) is 9.25. The molecule has 3 aromatic rings. The topological polar surface area (TPSA) is 49.2 Å². The lowest BCUT2D eigenvalue weighted by molar-refractivity contribution is 0.0786. The van der Waals surface area contributed by atoms with E-state index in [1.807, 2.05) is 36.5 Å². The number of benzene rings is 1. The van der Waals surface area contributed by atoms with Gasteiger partial charge in [0, 0.05) is 30.7 Å². The number of fused-ring (bicyclic) bond motifs is 1. The molecule has 2 aromatic heterocycles. The van der Waals surface area contributed by atoms with Crippen molar-refractivity contribution in [1.82, 2.24) is 9.88 Å². The fraction of sp³-hybridized carbons (Fsp3) is 0.133. The van der Waals surface area contributed by atoms with Crippen molar-refractivity contribution in [3.8, 4) is 0 Å². The van der Waals surface area contributed by atoms with Gasteiger partial charge in [0.05, 0.1) is 23.6 Å². The summed E-state index contributed by atoms with van der Waals surface area (Å²) in [6.45, 7) is 0.534. The number of furan rings is 1. The zero-order valence-corrected chi connectivity index (χ0v) is 10.6. The van der Waals surface area contributed by atoms with Crippen LogP contribution in [0.5, 0.6) is 0 Å². The smallest absolute Gasteiger partial charge is 0.256 e. The minimum Gasteiger partial charge on any atom is -0.472 e. The van der Waals surface area contributed by atoms with Gasteiger partial charge in [0.2, 0.25) is 0 Å². The van der Waals surface area contributed by atoms with Crippen molar-refractivity contribution in [2.24, 2.45) is 0 Å². The van der Waals surface area contributed by atoms with Gasteiger partial charge in [-0.15, -0.1) is 0 Å². The van der Waals surface area contributed by atoms with Crippen molar-refractivity contribution < 1.29 is 9.21 Å². The number of nitrogens with zero attached hydrogens (tertiary/aromatic N) is 1. The van der Waals surface area contributed by atoms with Gasteiger partial charge in [0.25, 0.3) is 5.91 Å². The number of hydrogen-bond acceptors (Lipinski definition) is 2. The highest BCUT2D eigenvalue weighted by molar-refractivity contribution is 6.05. The molecule has 0 radical (unpaired) electrons. The monoisotopic (exact) mass is 254 g/mol. The van der Waals surface area contributed by atoms with Crippen molar-refractivity contribution in [3.05, 3.63) is 60.2 Å². The molecule has 0 unspecified atom stereocenters. The maximum absolute atomic E-state index is 12.5. The zero-order chi connectivity index (χ0) is 13.2. The fourth-order valence-corrected chi connectivity index (χ4v) is 2.20. The number of rotatable bonds is 3. The van der Waals surface area contributed by atoms with Crippen molar-refractivity contribution in [2.45, 2.75) is 6.54 Å². The third-order valence-electron chi connectivity index (χ3n) is 3.16. The maximum atomic E-state index is 12.5. The Labute approximate surface area is 110 Å². The summed E-state index contributed by atoms with van der Waals surface area (Å²) in [6.07, 6.45) is 5.11. The molecule has 0 aliphatic heterocycles. The van der Waals surface area contributed by atoms with E-state index in [0.29, 0.717) is 12.1 Å². The lowest BCUT2D eigenvalue weighted by atomic mass is 10.1. The predicted molar refractivity (Wildman–Crippen MR) is 72.8 cm³/mol. The number of carbonyl (C=O) groups excluding carboxylic acids is 1. The minimum atomic E-state index is -0.00532. The Bertz CT molecular complexity index is 698. The van der Waals surface area contributed by atoms with Crippen LogP contribution in [0.4, 0.5) is 0 Å². The molecule has 4 nitrogen and oxygen atoms in total. The van der Waals surface area contributed by atoms with Crippen molar-refractivity contribution >= 4 is 16.8 Å². The molecule has 0 atom stereocenters. The van der Waals surface area contributed by atoms with Crippen LogP contribution >= 0.6 is 0 Å². The fourth-order valence-electron chi connectivity index (χ4n) is 2.20. The SMILES string of the molecule is CN(Cc1ccoc1)C(=O)c1cccc2cc[nH]c12. The number of aromatic amines is 1. The summed E-state index contributed by atoms with van der Waals surface area (Å²) in [6, 6.07) is 9.54. The van der Waals surface area contributed by atoms with Crippen LogP contribution in [0.2, 0.25) is 0 Å². The van der Waals surface area contributed by atoms with E-state index in [1.165, 1.54) is 0 Å². The van der Waals surface area contributed by atoms with Crippen LogP contribution in [0, 0.1) is 0 Å². The zero-order valence-electron chi connectivity index (χ0n) is 10.6. The summed E-state index contributed by atoms with van der Waals surface area (Å²) in [7, 11) is 1.79. The van der Waals surface area contributed by atoms with E-state index >= 15 is 0 Å². The molecule has 96 valence electrons. The second kappa shape index (κ2) is 4.65. The molecule has 1 N–H and O–H groups in total. The second-order valence-electron chi connectivity index (χ2n) is 4.54. The first-order valence-corrected chi connectivity index (χ1v) is 6.08. The molecule has 0 bridgehead atoms. The van der Waals surface area contributed by atoms with Crippen molar-refractivity contribution in [2.75, 3.05) is 7.05 Å². The van der Waals surface area contributed by atoms with Crippen LogP contribution in [0.15, 0.2) is 53.5 Å². The Hall–Kier alpha value is -2.49. The Morgan fingerprint density at radius 1 is 1.32 bits per heavy atom. The van der Waals surface area contributed by atoms with Crippen LogP contribution in [0.1, 0.15) is 15.9 Å². The van der Waals surface area contributed by atoms with Gasteiger partial charge >= 0.3 is 0 Å². The van der Waals surface area contributed by atoms with Gasteiger partial charge in [0.1, 0.15) is 0 Å². The molecule has 0 fully saturated rings. The number of para-hydroxylation sites is 1. The van der Waals surface area contributed by atoms with Gasteiger partial charge in [-0.05, 0) is 18.2 Å². The van der Waals surface area contributed by atoms with E-state index in [-0.39, 0.29) is 5.91 Å². The Morgan fingerprint density at radius 3 is 3.00 bits per heavy atom. The molecule has 1 aromatic carbocycles. The normalized spacial score (nSPS) is 10.8. The number of aromatic nitrogens is 1. The third-order valence-corrected chi connectivity index (χ3v) is 3.16. The Balaban J connectivity index is 1.89. The molecule has 0 aliphatic rings. The average molecular weight is 254 g/mol. The highest BCUT2D eigenvalue weighted by Gasteiger charge is 2.15. The van der Waals surface area contributed by atoms with Crippen molar-refractivity contribution in [3.63, 3.8) is 0 Å². The summed E-state index contributed by atoms with van der Waals surface area (Å²) < 4.78 is 5.01. The summed E-state index contributed by atoms with van der Waals surface area (Å²) >= 11 is 0. The quantitative estimate of drug-likeness (QED) is 0.781. The lowest BCUT2D eigenvalue weighted by Gasteiger charge is -2.16. The first-order valence-electron chi connectivity index (χ1n) is 6.08. The van der Waals surface area contributed by atoms with Gasteiger partial charge < -0.3 is 14.3 Å². The van der Waals surface area contributed by atoms with Crippen molar-refractivity contribution in [1.29, 1.82) is 0 Å². The summed E-state index contributed by atoms with van der Waals surface area (Å²) in [5, 5.41) is 1.04. The Kier molecular flexibility index (Phi) is 2.83. The van der Waals surface area contributed by atoms with Gasteiger partial charge in [-0.1, -0.05) is 12.1 Å². The summed E-state index contributed by atoms with van der Waals surface area (Å²) in [5.41, 5.74) is 2.55. The molecular weight excluding hydrogens is 240 g/mol. The number of carbonyl (C=O) groups is 1. The average Bonchev–Trinajstić information content (AvgIpc) is 3.07. The maximum Gasteiger partial charge on any atom is 0.256 e. The van der Waals surface area contributed by atoms with E-state index < -0.39 is 0 Å². The van der Waals surface area contributed by atoms with E-state index in [2.05, 4.69) is 4.98 Å². The molecule has 0 aliphatic carbocycles. The van der Waals surface area contributed by atoms with Crippen LogP contribution in [0.3, 0.4) is 0 Å². The number of hydrogen-bond donors (Lipinski definition) is 1. The Morgan fingerprint density at radius 2 is 2.21 bits per heavy atom. The molecule has 0 saturated carbocycles. The third kappa shape index (κ3) is 2.12. The van der Waals surface area contributed by atoms with Crippen LogP contribution in [-0.4, -0.2) is 22.8 Å². The van der Waals surface area contributed by atoms with Crippen LogP contribution in [0.25, 0.3) is 10.9 Å². The lowest BCUT2D eigenvalue weighted by Crippen LogP contribution is -2.26. The molecule has 0 spiro atoms. The second-order valence-corrected chi connectivity index (χ2v) is 4.54. The van der Waals surface area contributed by atoms with Gasteiger partial charge in [0.15, 0.2) is 0 Å². The molecule has 0 saturated heterocycles. The highest BCUT2D eigenvalue weighted by Crippen LogP contribution is 2.19. The molecule has 3 rings (SSSR count). The van der Waals surface area contributed by atoms with Gasteiger partial charge in [-0.3, -0.25) is 4.79 Å². The van der Waals surface area contributed by atoms with Gasteiger partial charge in [-0.2, -0.15) is 0 Å². The van der Waals surface area contributed by atoms with E-state index in [9.17, 15) is 4.79 Å². The molecule has 1 amide bonds. The van der Waals surface area contributed by atoms with Crippen LogP contribution in [-0.2, 0) is 6.54 Å². The van der Waals surface area contributed by atoms with E-state index in [4.69, 9.17) is 4.42 Å². The summed E-state index contributed by atoms with van der Waals surface area (Å²) in [5.74, 6) is -0.00532. The number of nitrogens with one attached hydrogen (secondary N) is 1. The summed E-state index contributed by atoms with van der Waals surface area (Å²) in [4.78, 5) is 17.3. The highest BCUT2D eigenvalue weighted by atomic mass is 16.3.